The molecular formula is C14H16ClN3O. The molecule has 4 nitrogen and oxygen atoms in total. The second-order valence-electron chi connectivity index (χ2n) is 4.99. The fourth-order valence-corrected chi connectivity index (χ4v) is 2.62. The van der Waals surface area contributed by atoms with Crippen LogP contribution in [0.4, 0.5) is 0 Å². The molecule has 2 heterocycles. The van der Waals surface area contributed by atoms with Gasteiger partial charge in [-0.25, -0.2) is 0 Å². The number of rotatable bonds is 1. The average molecular weight is 278 g/mol. The van der Waals surface area contributed by atoms with Crippen LogP contribution in [-0.2, 0) is 0 Å². The summed E-state index contributed by atoms with van der Waals surface area (Å²) in [5, 5.41) is 1.55. The summed E-state index contributed by atoms with van der Waals surface area (Å²) in [4.78, 5) is 19.8. The zero-order valence-corrected chi connectivity index (χ0v) is 11.6. The molecule has 1 fully saturated rings. The van der Waals surface area contributed by atoms with E-state index in [2.05, 4.69) is 16.9 Å². The van der Waals surface area contributed by atoms with Crippen LogP contribution in [0, 0.1) is 0 Å². The van der Waals surface area contributed by atoms with Crippen molar-refractivity contribution in [3.63, 3.8) is 0 Å². The van der Waals surface area contributed by atoms with Gasteiger partial charge in [-0.15, -0.1) is 0 Å². The van der Waals surface area contributed by atoms with Crippen LogP contribution in [0.1, 0.15) is 10.4 Å². The van der Waals surface area contributed by atoms with Crippen molar-refractivity contribution in [1.82, 2.24) is 14.8 Å². The number of piperazine rings is 1. The Morgan fingerprint density at radius 2 is 2.00 bits per heavy atom. The predicted octanol–water partition coefficient (Wildman–Crippen LogP) is 2.21. The van der Waals surface area contributed by atoms with E-state index < -0.39 is 0 Å². The van der Waals surface area contributed by atoms with Crippen molar-refractivity contribution in [3.05, 3.63) is 35.0 Å². The fourth-order valence-electron chi connectivity index (χ4n) is 2.45. The molecule has 1 aromatic heterocycles. The number of fused-ring (bicyclic) bond motifs is 1. The van der Waals surface area contributed by atoms with Crippen LogP contribution in [0.2, 0.25) is 5.02 Å². The van der Waals surface area contributed by atoms with Crippen LogP contribution in [-0.4, -0.2) is 53.9 Å². The van der Waals surface area contributed by atoms with Gasteiger partial charge in [0.1, 0.15) is 0 Å². The molecule has 0 unspecified atom stereocenters. The molecule has 0 atom stereocenters. The van der Waals surface area contributed by atoms with E-state index >= 15 is 0 Å². The lowest BCUT2D eigenvalue weighted by molar-refractivity contribution is 0.0666. The Kier molecular flexibility index (Phi) is 3.21. The van der Waals surface area contributed by atoms with Crippen molar-refractivity contribution in [1.29, 1.82) is 0 Å². The van der Waals surface area contributed by atoms with Crippen LogP contribution in [0.25, 0.3) is 10.9 Å². The van der Waals surface area contributed by atoms with E-state index in [4.69, 9.17) is 11.6 Å². The van der Waals surface area contributed by atoms with Crippen LogP contribution in [0.5, 0.6) is 0 Å². The van der Waals surface area contributed by atoms with E-state index in [-0.39, 0.29) is 5.91 Å². The van der Waals surface area contributed by atoms with Crippen molar-refractivity contribution in [2.24, 2.45) is 0 Å². The summed E-state index contributed by atoms with van der Waals surface area (Å²) in [6.45, 7) is 3.41. The highest BCUT2D eigenvalue weighted by Crippen LogP contribution is 2.23. The number of hydrogen-bond acceptors (Lipinski definition) is 2. The van der Waals surface area contributed by atoms with Crippen LogP contribution in [0.3, 0.4) is 0 Å². The molecule has 1 amide bonds. The van der Waals surface area contributed by atoms with Crippen molar-refractivity contribution in [2.45, 2.75) is 0 Å². The van der Waals surface area contributed by atoms with Crippen LogP contribution >= 0.6 is 11.6 Å². The quantitative estimate of drug-likeness (QED) is 0.868. The molecule has 100 valence electrons. The molecule has 3 rings (SSSR count). The minimum atomic E-state index is 0.0848. The van der Waals surface area contributed by atoms with Crippen LogP contribution in [0.15, 0.2) is 24.4 Å². The molecular weight excluding hydrogens is 262 g/mol. The molecule has 0 aliphatic carbocycles. The number of H-pyrrole nitrogens is 1. The summed E-state index contributed by atoms with van der Waals surface area (Å²) < 4.78 is 0. The van der Waals surface area contributed by atoms with Crippen molar-refractivity contribution < 1.29 is 4.79 Å². The zero-order chi connectivity index (χ0) is 13.4. The Labute approximate surface area is 116 Å². The number of carbonyl (C=O) groups is 1. The number of likely N-dealkylation sites (N-methyl/N-ethyl adjacent to an activating group) is 1. The highest BCUT2D eigenvalue weighted by molar-refractivity contribution is 6.31. The SMILES string of the molecule is CN1CCN(C(=O)c2c[nH]c3ccc(Cl)cc23)CC1. The molecule has 19 heavy (non-hydrogen) atoms. The summed E-state index contributed by atoms with van der Waals surface area (Å²) in [6.07, 6.45) is 1.78. The van der Waals surface area contributed by atoms with Gasteiger partial charge in [-0.05, 0) is 25.2 Å². The third-order valence-corrected chi connectivity index (χ3v) is 3.90. The smallest absolute Gasteiger partial charge is 0.256 e. The van der Waals surface area contributed by atoms with Gasteiger partial charge < -0.3 is 14.8 Å². The second kappa shape index (κ2) is 4.87. The van der Waals surface area contributed by atoms with Gasteiger partial charge in [-0.1, -0.05) is 11.6 Å². The average Bonchev–Trinajstić information content (AvgIpc) is 2.81. The number of nitrogens with zero attached hydrogens (tertiary/aromatic N) is 2. The lowest BCUT2D eigenvalue weighted by atomic mass is 10.1. The molecule has 1 saturated heterocycles. The molecule has 1 aliphatic heterocycles. The Hall–Kier alpha value is -1.52. The van der Waals surface area contributed by atoms with E-state index in [9.17, 15) is 4.79 Å². The van der Waals surface area contributed by atoms with Gasteiger partial charge in [-0.2, -0.15) is 0 Å². The highest BCUT2D eigenvalue weighted by Gasteiger charge is 2.22. The number of aromatic amines is 1. The minimum Gasteiger partial charge on any atom is -0.360 e. The zero-order valence-electron chi connectivity index (χ0n) is 10.8. The number of nitrogens with one attached hydrogen (secondary N) is 1. The van der Waals surface area contributed by atoms with Gasteiger partial charge in [0.05, 0.1) is 5.56 Å². The van der Waals surface area contributed by atoms with E-state index in [0.717, 1.165) is 37.1 Å². The molecule has 0 bridgehead atoms. The third kappa shape index (κ3) is 2.33. The summed E-state index contributed by atoms with van der Waals surface area (Å²) in [5.41, 5.74) is 1.66. The minimum absolute atomic E-state index is 0.0848. The first-order chi connectivity index (χ1) is 9.15. The van der Waals surface area contributed by atoms with E-state index in [1.165, 1.54) is 0 Å². The molecule has 2 aromatic rings. The second-order valence-corrected chi connectivity index (χ2v) is 5.42. The molecule has 1 aliphatic rings. The van der Waals surface area contributed by atoms with Gasteiger partial charge in [0.25, 0.3) is 5.91 Å². The number of halogens is 1. The van der Waals surface area contributed by atoms with Crippen molar-refractivity contribution in [3.8, 4) is 0 Å². The Morgan fingerprint density at radius 1 is 1.26 bits per heavy atom. The monoisotopic (exact) mass is 277 g/mol. The molecule has 1 aromatic carbocycles. The largest absolute Gasteiger partial charge is 0.360 e. The number of hydrogen-bond donors (Lipinski definition) is 1. The van der Waals surface area contributed by atoms with Gasteiger partial charge in [0.2, 0.25) is 0 Å². The topological polar surface area (TPSA) is 39.3 Å². The first-order valence-electron chi connectivity index (χ1n) is 6.39. The van der Waals surface area contributed by atoms with Gasteiger partial charge in [0, 0.05) is 48.3 Å². The molecule has 0 spiro atoms. The summed E-state index contributed by atoms with van der Waals surface area (Å²) in [7, 11) is 2.08. The molecule has 0 radical (unpaired) electrons. The maximum atomic E-state index is 12.5. The summed E-state index contributed by atoms with van der Waals surface area (Å²) in [6, 6.07) is 5.57. The van der Waals surface area contributed by atoms with Gasteiger partial charge >= 0.3 is 0 Å². The predicted molar refractivity (Wildman–Crippen MR) is 76.7 cm³/mol. The molecule has 1 N–H and O–H groups in total. The van der Waals surface area contributed by atoms with E-state index in [1.807, 2.05) is 23.1 Å². The number of carbonyl (C=O) groups excluding carboxylic acids is 1. The summed E-state index contributed by atoms with van der Waals surface area (Å²) in [5.74, 6) is 0.0848. The number of aromatic nitrogens is 1. The Balaban J connectivity index is 1.91. The highest BCUT2D eigenvalue weighted by atomic mass is 35.5. The standard InChI is InChI=1S/C14H16ClN3O/c1-17-4-6-18(7-5-17)14(19)12-9-16-13-3-2-10(15)8-11(12)13/h2-3,8-9,16H,4-7H2,1H3. The maximum absolute atomic E-state index is 12.5. The first-order valence-corrected chi connectivity index (χ1v) is 6.77. The fraction of sp³-hybridized carbons (Fsp3) is 0.357. The lowest BCUT2D eigenvalue weighted by Crippen LogP contribution is -2.47. The van der Waals surface area contributed by atoms with Gasteiger partial charge in [-0.3, -0.25) is 4.79 Å². The Morgan fingerprint density at radius 3 is 2.74 bits per heavy atom. The maximum Gasteiger partial charge on any atom is 0.256 e. The number of amides is 1. The van der Waals surface area contributed by atoms with E-state index in [1.54, 1.807) is 6.20 Å². The van der Waals surface area contributed by atoms with Crippen molar-refractivity contribution in [2.75, 3.05) is 33.2 Å². The lowest BCUT2D eigenvalue weighted by Gasteiger charge is -2.32. The first kappa shape index (κ1) is 12.5. The molecule has 0 saturated carbocycles. The van der Waals surface area contributed by atoms with E-state index in [0.29, 0.717) is 10.6 Å². The van der Waals surface area contributed by atoms with Gasteiger partial charge in [0.15, 0.2) is 0 Å². The van der Waals surface area contributed by atoms with Crippen molar-refractivity contribution >= 4 is 28.4 Å². The third-order valence-electron chi connectivity index (χ3n) is 3.66. The normalized spacial score (nSPS) is 17.1. The number of benzene rings is 1. The van der Waals surface area contributed by atoms with Crippen LogP contribution < -0.4 is 0 Å². The molecule has 5 heteroatoms. The Bertz CT molecular complexity index is 614. The summed E-state index contributed by atoms with van der Waals surface area (Å²) >= 11 is 6.01.